The van der Waals surface area contributed by atoms with Crippen molar-refractivity contribution >= 4 is 12.0 Å². The van der Waals surface area contributed by atoms with Crippen LogP contribution in [0.25, 0.3) is 0 Å². The Morgan fingerprint density at radius 1 is 1.14 bits per heavy atom. The molecular weight excluding hydrogens is 270 g/mol. The van der Waals surface area contributed by atoms with E-state index < -0.39 is 5.97 Å². The summed E-state index contributed by atoms with van der Waals surface area (Å²) < 4.78 is 0. The van der Waals surface area contributed by atoms with Gasteiger partial charge in [0, 0.05) is 19.6 Å². The van der Waals surface area contributed by atoms with Gasteiger partial charge in [0.1, 0.15) is 0 Å². The summed E-state index contributed by atoms with van der Waals surface area (Å²) in [7, 11) is 0. The minimum atomic E-state index is -0.733. The van der Waals surface area contributed by atoms with E-state index in [4.69, 9.17) is 0 Å². The predicted octanol–water partition coefficient (Wildman–Crippen LogP) is 1.52. The van der Waals surface area contributed by atoms with Gasteiger partial charge in [0.2, 0.25) is 0 Å². The molecule has 21 heavy (non-hydrogen) atoms. The molecule has 1 aliphatic rings. The largest absolute Gasteiger partial charge is 0.481 e. The van der Waals surface area contributed by atoms with Crippen LogP contribution in [0.3, 0.4) is 0 Å². The summed E-state index contributed by atoms with van der Waals surface area (Å²) in [4.78, 5) is 25.2. The average molecular weight is 299 g/mol. The van der Waals surface area contributed by atoms with E-state index in [1.54, 1.807) is 0 Å². The van der Waals surface area contributed by atoms with Gasteiger partial charge >= 0.3 is 12.0 Å². The quantitative estimate of drug-likeness (QED) is 0.634. The molecule has 2 unspecified atom stereocenters. The van der Waals surface area contributed by atoms with Crippen LogP contribution in [0.1, 0.15) is 39.5 Å². The van der Waals surface area contributed by atoms with Crippen molar-refractivity contribution in [3.05, 3.63) is 0 Å². The van der Waals surface area contributed by atoms with Crippen LogP contribution in [0.4, 0.5) is 4.79 Å². The molecule has 3 N–H and O–H groups in total. The summed E-state index contributed by atoms with van der Waals surface area (Å²) in [6.45, 7) is 8.04. The van der Waals surface area contributed by atoms with Crippen molar-refractivity contribution in [3.63, 3.8) is 0 Å². The molecule has 0 aromatic heterocycles. The Labute approximate surface area is 127 Å². The van der Waals surface area contributed by atoms with Crippen molar-refractivity contribution in [1.29, 1.82) is 0 Å². The molecule has 6 heteroatoms. The van der Waals surface area contributed by atoms with Crippen molar-refractivity contribution in [2.45, 2.75) is 39.5 Å². The first-order valence-corrected chi connectivity index (χ1v) is 8.05. The van der Waals surface area contributed by atoms with Crippen LogP contribution in [0.5, 0.6) is 0 Å². The fourth-order valence-corrected chi connectivity index (χ4v) is 2.93. The summed E-state index contributed by atoms with van der Waals surface area (Å²) in [6.07, 6.45) is 3.64. The molecule has 122 valence electrons. The highest BCUT2D eigenvalue weighted by molar-refractivity contribution is 5.74. The number of carboxylic acid groups (broad SMARTS) is 1. The SMILES string of the molecule is CCN(CC)CCNC(=O)NCC1CCCCC1C(=O)O. The van der Waals surface area contributed by atoms with Crippen LogP contribution in [0.2, 0.25) is 0 Å². The van der Waals surface area contributed by atoms with Crippen molar-refractivity contribution in [3.8, 4) is 0 Å². The van der Waals surface area contributed by atoms with Crippen molar-refractivity contribution in [1.82, 2.24) is 15.5 Å². The maximum absolute atomic E-state index is 11.7. The van der Waals surface area contributed by atoms with Crippen LogP contribution in [0, 0.1) is 11.8 Å². The lowest BCUT2D eigenvalue weighted by Gasteiger charge is -2.28. The van der Waals surface area contributed by atoms with E-state index in [0.717, 1.165) is 45.3 Å². The topological polar surface area (TPSA) is 81.7 Å². The molecule has 0 radical (unpaired) electrons. The van der Waals surface area contributed by atoms with E-state index in [2.05, 4.69) is 29.4 Å². The van der Waals surface area contributed by atoms with Gasteiger partial charge in [0.25, 0.3) is 0 Å². The molecule has 0 saturated heterocycles. The number of hydrogen-bond donors (Lipinski definition) is 3. The first-order valence-electron chi connectivity index (χ1n) is 8.05. The standard InChI is InChI=1S/C15H29N3O3/c1-3-18(4-2)10-9-16-15(21)17-11-12-7-5-6-8-13(12)14(19)20/h12-13H,3-11H2,1-2H3,(H,19,20)(H2,16,17,21). The van der Waals surface area contributed by atoms with E-state index in [-0.39, 0.29) is 17.9 Å². The van der Waals surface area contributed by atoms with E-state index in [0.29, 0.717) is 13.1 Å². The molecule has 0 spiro atoms. The van der Waals surface area contributed by atoms with Gasteiger partial charge in [-0.15, -0.1) is 0 Å². The number of urea groups is 1. The summed E-state index contributed by atoms with van der Waals surface area (Å²) in [6, 6.07) is -0.197. The number of rotatable bonds is 8. The maximum Gasteiger partial charge on any atom is 0.314 e. The molecule has 0 heterocycles. The molecule has 1 rings (SSSR count). The Hall–Kier alpha value is -1.30. The molecule has 2 amide bonds. The first-order chi connectivity index (χ1) is 10.1. The molecule has 1 aliphatic carbocycles. The van der Waals surface area contributed by atoms with Gasteiger partial charge in [-0.1, -0.05) is 26.7 Å². The Kier molecular flexibility index (Phi) is 8.12. The van der Waals surface area contributed by atoms with Crippen LogP contribution in [-0.4, -0.2) is 54.7 Å². The zero-order valence-corrected chi connectivity index (χ0v) is 13.2. The zero-order chi connectivity index (χ0) is 15.7. The van der Waals surface area contributed by atoms with E-state index in [1.807, 2.05) is 0 Å². The number of aliphatic carboxylic acids is 1. The van der Waals surface area contributed by atoms with Crippen molar-refractivity contribution < 1.29 is 14.7 Å². The number of carboxylic acids is 1. The summed E-state index contributed by atoms with van der Waals surface area (Å²) >= 11 is 0. The average Bonchev–Trinajstić information content (AvgIpc) is 2.49. The van der Waals surface area contributed by atoms with Gasteiger partial charge in [-0.3, -0.25) is 4.79 Å². The molecule has 2 atom stereocenters. The molecule has 1 fully saturated rings. The fourth-order valence-electron chi connectivity index (χ4n) is 2.93. The highest BCUT2D eigenvalue weighted by atomic mass is 16.4. The second kappa shape index (κ2) is 9.60. The van der Waals surface area contributed by atoms with Crippen molar-refractivity contribution in [2.75, 3.05) is 32.7 Å². The van der Waals surface area contributed by atoms with E-state index in [9.17, 15) is 14.7 Å². The minimum absolute atomic E-state index is 0.0600. The molecule has 6 nitrogen and oxygen atoms in total. The minimum Gasteiger partial charge on any atom is -0.481 e. The molecule has 0 aromatic carbocycles. The molecular formula is C15H29N3O3. The van der Waals surface area contributed by atoms with Gasteiger partial charge in [-0.2, -0.15) is 0 Å². The van der Waals surface area contributed by atoms with Crippen LogP contribution >= 0.6 is 0 Å². The summed E-state index contributed by atoms with van der Waals surface area (Å²) in [5, 5.41) is 14.8. The van der Waals surface area contributed by atoms with Crippen LogP contribution < -0.4 is 10.6 Å². The summed E-state index contributed by atoms with van der Waals surface area (Å²) in [5.41, 5.74) is 0. The lowest BCUT2D eigenvalue weighted by molar-refractivity contribution is -0.144. The van der Waals surface area contributed by atoms with E-state index >= 15 is 0 Å². The van der Waals surface area contributed by atoms with Crippen LogP contribution in [0.15, 0.2) is 0 Å². The summed E-state index contributed by atoms with van der Waals surface area (Å²) in [5.74, 6) is -0.983. The van der Waals surface area contributed by atoms with E-state index in [1.165, 1.54) is 0 Å². The first kappa shape index (κ1) is 17.8. The Balaban J connectivity index is 2.23. The third-order valence-corrected chi connectivity index (χ3v) is 4.36. The molecule has 0 bridgehead atoms. The normalized spacial score (nSPS) is 22.0. The molecule has 0 aromatic rings. The monoisotopic (exact) mass is 299 g/mol. The number of likely N-dealkylation sites (N-methyl/N-ethyl adjacent to an activating group) is 1. The smallest absolute Gasteiger partial charge is 0.314 e. The lowest BCUT2D eigenvalue weighted by Crippen LogP contribution is -2.44. The predicted molar refractivity (Wildman–Crippen MR) is 82.3 cm³/mol. The highest BCUT2D eigenvalue weighted by Gasteiger charge is 2.30. The second-order valence-corrected chi connectivity index (χ2v) is 5.65. The van der Waals surface area contributed by atoms with Gasteiger partial charge < -0.3 is 20.6 Å². The number of hydrogen-bond acceptors (Lipinski definition) is 3. The Morgan fingerprint density at radius 2 is 1.81 bits per heavy atom. The lowest BCUT2D eigenvalue weighted by atomic mass is 9.79. The molecule has 0 aliphatic heterocycles. The Bertz CT molecular complexity index is 332. The number of amides is 2. The third-order valence-electron chi connectivity index (χ3n) is 4.36. The Morgan fingerprint density at radius 3 is 2.43 bits per heavy atom. The second-order valence-electron chi connectivity index (χ2n) is 5.65. The maximum atomic E-state index is 11.7. The number of carbonyl (C=O) groups excluding carboxylic acids is 1. The number of nitrogens with one attached hydrogen (secondary N) is 2. The van der Waals surface area contributed by atoms with Gasteiger partial charge in [0.05, 0.1) is 5.92 Å². The highest BCUT2D eigenvalue weighted by Crippen LogP contribution is 2.29. The van der Waals surface area contributed by atoms with Crippen molar-refractivity contribution in [2.24, 2.45) is 11.8 Å². The third kappa shape index (κ3) is 6.33. The number of nitrogens with zero attached hydrogens (tertiary/aromatic N) is 1. The zero-order valence-electron chi connectivity index (χ0n) is 13.2. The molecule has 1 saturated carbocycles. The van der Waals surface area contributed by atoms with Crippen LogP contribution in [-0.2, 0) is 4.79 Å². The van der Waals surface area contributed by atoms with Gasteiger partial charge in [-0.25, -0.2) is 4.79 Å². The fraction of sp³-hybridized carbons (Fsp3) is 0.867. The van der Waals surface area contributed by atoms with Gasteiger partial charge in [0.15, 0.2) is 0 Å². The van der Waals surface area contributed by atoms with Gasteiger partial charge in [-0.05, 0) is 31.8 Å². The number of carbonyl (C=O) groups is 2.